The summed E-state index contributed by atoms with van der Waals surface area (Å²) in [7, 11) is 0. The largest absolute Gasteiger partial charge is 0.313 e. The minimum Gasteiger partial charge on any atom is -0.313 e. The van der Waals surface area contributed by atoms with E-state index in [0.717, 1.165) is 17.3 Å². The van der Waals surface area contributed by atoms with E-state index >= 15 is 0 Å². The van der Waals surface area contributed by atoms with Gasteiger partial charge in [0.1, 0.15) is 0 Å². The molecule has 1 N–H and O–H groups in total. The molecule has 0 saturated carbocycles. The fourth-order valence-corrected chi connectivity index (χ4v) is 3.39. The lowest BCUT2D eigenvalue weighted by Crippen LogP contribution is -2.31. The fourth-order valence-electron chi connectivity index (χ4n) is 2.25. The van der Waals surface area contributed by atoms with Crippen molar-refractivity contribution < 1.29 is 0 Å². The quantitative estimate of drug-likeness (QED) is 0.411. The summed E-state index contributed by atoms with van der Waals surface area (Å²) < 4.78 is 0. The molecule has 1 aromatic rings. The molecule has 0 radical (unpaired) electrons. The fraction of sp³-hybridized carbons (Fsp3) is 0.647. The van der Waals surface area contributed by atoms with Gasteiger partial charge in [-0.25, -0.2) is 0 Å². The standard InChI is InChI=1S/C17H28ClNS/c1-3-5-6-7-8-9-16(19-4-2)14-20-17-12-10-15(18)11-13-17/h10-13,16,19H,3-9,14H2,1-2H3. The summed E-state index contributed by atoms with van der Waals surface area (Å²) in [6.45, 7) is 5.52. The van der Waals surface area contributed by atoms with Crippen molar-refractivity contribution in [1.29, 1.82) is 0 Å². The van der Waals surface area contributed by atoms with Crippen molar-refractivity contribution in [2.45, 2.75) is 63.3 Å². The van der Waals surface area contributed by atoms with Gasteiger partial charge in [-0.05, 0) is 37.2 Å². The molecule has 20 heavy (non-hydrogen) atoms. The van der Waals surface area contributed by atoms with Crippen LogP contribution < -0.4 is 5.32 Å². The summed E-state index contributed by atoms with van der Waals surface area (Å²) in [5, 5.41) is 4.42. The minimum atomic E-state index is 0.627. The van der Waals surface area contributed by atoms with Crippen molar-refractivity contribution in [3.63, 3.8) is 0 Å². The SMILES string of the molecule is CCCCCCCC(CSc1ccc(Cl)cc1)NCC. The molecule has 0 saturated heterocycles. The van der Waals surface area contributed by atoms with Crippen LogP contribution in [0.3, 0.4) is 0 Å². The van der Waals surface area contributed by atoms with Crippen molar-refractivity contribution in [2.24, 2.45) is 0 Å². The normalized spacial score (nSPS) is 12.6. The van der Waals surface area contributed by atoms with Crippen LogP contribution in [0.4, 0.5) is 0 Å². The summed E-state index contributed by atoms with van der Waals surface area (Å²) in [5.41, 5.74) is 0. The molecule has 0 bridgehead atoms. The number of hydrogen-bond acceptors (Lipinski definition) is 2. The van der Waals surface area contributed by atoms with Crippen molar-refractivity contribution in [3.8, 4) is 0 Å². The van der Waals surface area contributed by atoms with Crippen LogP contribution in [0.1, 0.15) is 52.4 Å². The van der Waals surface area contributed by atoms with Crippen LogP contribution in [0, 0.1) is 0 Å². The molecule has 1 aromatic carbocycles. The smallest absolute Gasteiger partial charge is 0.0406 e. The average Bonchev–Trinajstić information content (AvgIpc) is 2.46. The van der Waals surface area contributed by atoms with Crippen LogP contribution in [-0.4, -0.2) is 18.3 Å². The molecule has 0 spiro atoms. The van der Waals surface area contributed by atoms with Gasteiger partial charge in [0.05, 0.1) is 0 Å². The van der Waals surface area contributed by atoms with Crippen LogP contribution in [0.15, 0.2) is 29.2 Å². The highest BCUT2D eigenvalue weighted by Crippen LogP contribution is 2.22. The van der Waals surface area contributed by atoms with Crippen LogP contribution in [-0.2, 0) is 0 Å². The molecule has 1 atom stereocenters. The molecule has 0 aliphatic carbocycles. The summed E-state index contributed by atoms with van der Waals surface area (Å²) in [6.07, 6.45) is 8.10. The molecule has 0 fully saturated rings. The highest BCUT2D eigenvalue weighted by Gasteiger charge is 2.07. The first kappa shape index (κ1) is 17.9. The molecular weight excluding hydrogens is 286 g/mol. The summed E-state index contributed by atoms with van der Waals surface area (Å²) in [5.74, 6) is 1.14. The maximum Gasteiger partial charge on any atom is 0.0406 e. The molecule has 0 aromatic heterocycles. The third kappa shape index (κ3) is 8.18. The molecule has 0 heterocycles. The van der Waals surface area contributed by atoms with Gasteiger partial charge < -0.3 is 5.32 Å². The van der Waals surface area contributed by atoms with Gasteiger partial charge in [-0.15, -0.1) is 11.8 Å². The molecule has 1 rings (SSSR count). The van der Waals surface area contributed by atoms with Crippen molar-refractivity contribution in [1.82, 2.24) is 5.32 Å². The number of nitrogens with one attached hydrogen (secondary N) is 1. The van der Waals surface area contributed by atoms with E-state index in [0.29, 0.717) is 6.04 Å². The molecule has 0 aliphatic rings. The Morgan fingerprint density at radius 3 is 2.40 bits per heavy atom. The number of halogens is 1. The maximum atomic E-state index is 5.91. The lowest BCUT2D eigenvalue weighted by atomic mass is 10.1. The summed E-state index contributed by atoms with van der Waals surface area (Å²) >= 11 is 7.84. The Labute approximate surface area is 133 Å². The molecule has 114 valence electrons. The number of rotatable bonds is 11. The topological polar surface area (TPSA) is 12.0 Å². The van der Waals surface area contributed by atoms with Gasteiger partial charge in [-0.3, -0.25) is 0 Å². The zero-order chi connectivity index (χ0) is 14.6. The second kappa shape index (κ2) is 11.5. The second-order valence-corrected chi connectivity index (χ2v) is 6.75. The Morgan fingerprint density at radius 1 is 1.05 bits per heavy atom. The van der Waals surface area contributed by atoms with E-state index in [1.807, 2.05) is 23.9 Å². The van der Waals surface area contributed by atoms with E-state index in [1.54, 1.807) is 0 Å². The van der Waals surface area contributed by atoms with Gasteiger partial charge in [0.15, 0.2) is 0 Å². The van der Waals surface area contributed by atoms with Crippen LogP contribution in [0.2, 0.25) is 5.02 Å². The van der Waals surface area contributed by atoms with Gasteiger partial charge in [0.2, 0.25) is 0 Å². The average molecular weight is 314 g/mol. The van der Waals surface area contributed by atoms with Crippen molar-refractivity contribution in [2.75, 3.05) is 12.3 Å². The number of benzene rings is 1. The first-order valence-electron chi connectivity index (χ1n) is 7.88. The van der Waals surface area contributed by atoms with E-state index in [4.69, 9.17) is 11.6 Å². The Balaban J connectivity index is 2.25. The number of hydrogen-bond donors (Lipinski definition) is 1. The predicted molar refractivity (Wildman–Crippen MR) is 93.0 cm³/mol. The first-order valence-corrected chi connectivity index (χ1v) is 9.24. The van der Waals surface area contributed by atoms with Gasteiger partial charge in [0.25, 0.3) is 0 Å². The van der Waals surface area contributed by atoms with Crippen LogP contribution in [0.5, 0.6) is 0 Å². The van der Waals surface area contributed by atoms with Gasteiger partial charge in [-0.2, -0.15) is 0 Å². The lowest BCUT2D eigenvalue weighted by Gasteiger charge is -2.17. The molecule has 0 aliphatic heterocycles. The van der Waals surface area contributed by atoms with E-state index < -0.39 is 0 Å². The highest BCUT2D eigenvalue weighted by atomic mass is 35.5. The molecular formula is C17H28ClNS. The Hall–Kier alpha value is -0.180. The monoisotopic (exact) mass is 313 g/mol. The summed E-state index contributed by atoms with van der Waals surface area (Å²) in [6, 6.07) is 8.78. The van der Waals surface area contributed by atoms with Crippen molar-refractivity contribution >= 4 is 23.4 Å². The molecule has 1 nitrogen and oxygen atoms in total. The molecule has 0 amide bonds. The number of thioether (sulfide) groups is 1. The summed E-state index contributed by atoms with van der Waals surface area (Å²) in [4.78, 5) is 1.31. The van der Waals surface area contributed by atoms with Crippen molar-refractivity contribution in [3.05, 3.63) is 29.3 Å². The lowest BCUT2D eigenvalue weighted by molar-refractivity contribution is 0.496. The van der Waals surface area contributed by atoms with E-state index in [2.05, 4.69) is 31.3 Å². The highest BCUT2D eigenvalue weighted by molar-refractivity contribution is 7.99. The van der Waals surface area contributed by atoms with Gasteiger partial charge in [-0.1, -0.05) is 57.6 Å². The van der Waals surface area contributed by atoms with E-state index in [-0.39, 0.29) is 0 Å². The van der Waals surface area contributed by atoms with Gasteiger partial charge in [0, 0.05) is 21.7 Å². The molecule has 3 heteroatoms. The Morgan fingerprint density at radius 2 is 1.75 bits per heavy atom. The zero-order valence-corrected chi connectivity index (χ0v) is 14.4. The first-order chi connectivity index (χ1) is 9.76. The number of unbranched alkanes of at least 4 members (excludes halogenated alkanes) is 4. The van der Waals surface area contributed by atoms with Crippen LogP contribution in [0.25, 0.3) is 0 Å². The Bertz CT molecular complexity index is 339. The third-order valence-electron chi connectivity index (χ3n) is 3.41. The molecule has 1 unspecified atom stereocenters. The van der Waals surface area contributed by atoms with E-state index in [9.17, 15) is 0 Å². The van der Waals surface area contributed by atoms with Crippen LogP contribution >= 0.6 is 23.4 Å². The third-order valence-corrected chi connectivity index (χ3v) is 4.84. The Kier molecular flexibility index (Phi) is 10.3. The van der Waals surface area contributed by atoms with Gasteiger partial charge >= 0.3 is 0 Å². The van der Waals surface area contributed by atoms with E-state index in [1.165, 1.54) is 43.4 Å². The predicted octanol–water partition coefficient (Wildman–Crippen LogP) is 5.77. The zero-order valence-electron chi connectivity index (χ0n) is 12.8. The maximum absolute atomic E-state index is 5.91. The minimum absolute atomic E-state index is 0.627. The second-order valence-electron chi connectivity index (χ2n) is 5.22.